The van der Waals surface area contributed by atoms with Crippen LogP contribution in [0.5, 0.6) is 0 Å². The smallest absolute Gasteiger partial charge is 0.320 e. The van der Waals surface area contributed by atoms with E-state index in [0.29, 0.717) is 6.54 Å². The van der Waals surface area contributed by atoms with Crippen molar-refractivity contribution in [1.82, 2.24) is 0 Å². The zero-order chi connectivity index (χ0) is 8.69. The SMILES string of the molecule is CCCCCC(CN)[SiH](O)O. The van der Waals surface area contributed by atoms with Crippen molar-refractivity contribution in [3.8, 4) is 0 Å². The molecule has 1 atom stereocenters. The van der Waals surface area contributed by atoms with E-state index < -0.39 is 9.28 Å². The topological polar surface area (TPSA) is 66.5 Å². The van der Waals surface area contributed by atoms with Gasteiger partial charge in [0, 0.05) is 5.54 Å². The lowest BCUT2D eigenvalue weighted by molar-refractivity contribution is 0.376. The van der Waals surface area contributed by atoms with Crippen molar-refractivity contribution in [2.45, 2.75) is 38.1 Å². The van der Waals surface area contributed by atoms with Gasteiger partial charge in [0.1, 0.15) is 0 Å². The van der Waals surface area contributed by atoms with Crippen molar-refractivity contribution in [3.63, 3.8) is 0 Å². The highest BCUT2D eigenvalue weighted by atomic mass is 28.3. The Morgan fingerprint density at radius 2 is 2.00 bits per heavy atom. The largest absolute Gasteiger partial charge is 0.413 e. The van der Waals surface area contributed by atoms with E-state index in [9.17, 15) is 0 Å². The molecule has 0 saturated carbocycles. The van der Waals surface area contributed by atoms with Crippen molar-refractivity contribution in [3.05, 3.63) is 0 Å². The summed E-state index contributed by atoms with van der Waals surface area (Å²) in [6.45, 7) is 2.55. The molecule has 0 spiro atoms. The molecule has 4 heteroatoms. The van der Waals surface area contributed by atoms with Gasteiger partial charge in [-0.15, -0.1) is 0 Å². The van der Waals surface area contributed by atoms with Crippen molar-refractivity contribution >= 4 is 9.28 Å². The van der Waals surface area contributed by atoms with Crippen LogP contribution in [0.4, 0.5) is 0 Å². The van der Waals surface area contributed by atoms with E-state index in [1.54, 1.807) is 0 Å². The van der Waals surface area contributed by atoms with Gasteiger partial charge in [0.15, 0.2) is 0 Å². The highest BCUT2D eigenvalue weighted by Gasteiger charge is 2.16. The molecular weight excluding hydrogens is 158 g/mol. The van der Waals surface area contributed by atoms with Crippen LogP contribution in [-0.4, -0.2) is 25.4 Å². The van der Waals surface area contributed by atoms with Gasteiger partial charge in [-0.3, -0.25) is 0 Å². The summed E-state index contributed by atoms with van der Waals surface area (Å²) < 4.78 is 0. The molecule has 0 radical (unpaired) electrons. The van der Waals surface area contributed by atoms with Crippen LogP contribution in [0.2, 0.25) is 5.54 Å². The van der Waals surface area contributed by atoms with Gasteiger partial charge in [-0.05, 0) is 13.0 Å². The van der Waals surface area contributed by atoms with E-state index in [1.807, 2.05) is 0 Å². The van der Waals surface area contributed by atoms with Gasteiger partial charge in [0.2, 0.25) is 0 Å². The van der Waals surface area contributed by atoms with E-state index >= 15 is 0 Å². The van der Waals surface area contributed by atoms with E-state index in [1.165, 1.54) is 6.42 Å². The quantitative estimate of drug-likeness (QED) is 0.398. The highest BCUT2D eigenvalue weighted by molar-refractivity contribution is 6.43. The van der Waals surface area contributed by atoms with Gasteiger partial charge >= 0.3 is 9.28 Å². The fraction of sp³-hybridized carbons (Fsp3) is 1.00. The number of rotatable bonds is 6. The molecule has 0 amide bonds. The summed E-state index contributed by atoms with van der Waals surface area (Å²) in [5, 5.41) is 0. The van der Waals surface area contributed by atoms with Gasteiger partial charge < -0.3 is 15.3 Å². The molecule has 3 nitrogen and oxygen atoms in total. The molecule has 0 aliphatic rings. The first-order valence-electron chi connectivity index (χ1n) is 4.28. The Hall–Kier alpha value is 0.0969. The average Bonchev–Trinajstić information content (AvgIpc) is 1.97. The lowest BCUT2D eigenvalue weighted by atomic mass is 10.1. The number of nitrogens with two attached hydrogens (primary N) is 1. The van der Waals surface area contributed by atoms with Gasteiger partial charge in [0.05, 0.1) is 0 Å². The maximum Gasteiger partial charge on any atom is 0.320 e. The number of hydrogen-bond acceptors (Lipinski definition) is 3. The molecular formula is C7H19NO2Si. The molecule has 0 rings (SSSR count). The summed E-state index contributed by atoms with van der Waals surface area (Å²) in [4.78, 5) is 17.9. The summed E-state index contributed by atoms with van der Waals surface area (Å²) in [5.41, 5.74) is 5.37. The van der Waals surface area contributed by atoms with Crippen LogP contribution in [-0.2, 0) is 0 Å². The summed E-state index contributed by atoms with van der Waals surface area (Å²) in [6.07, 6.45) is 4.29. The Balaban J connectivity index is 3.36. The molecule has 0 aromatic rings. The van der Waals surface area contributed by atoms with Gasteiger partial charge in [-0.1, -0.05) is 26.2 Å². The summed E-state index contributed by atoms with van der Waals surface area (Å²) in [5.74, 6) is 0. The maximum atomic E-state index is 8.93. The molecule has 0 aliphatic carbocycles. The molecule has 0 aromatic heterocycles. The number of hydrogen-bond donors (Lipinski definition) is 3. The van der Waals surface area contributed by atoms with E-state index in [0.717, 1.165) is 19.3 Å². The summed E-state index contributed by atoms with van der Waals surface area (Å²) in [6, 6.07) is 0. The lowest BCUT2D eigenvalue weighted by Crippen LogP contribution is -2.26. The van der Waals surface area contributed by atoms with Crippen LogP contribution < -0.4 is 5.73 Å². The minimum absolute atomic E-state index is 0.00144. The molecule has 0 bridgehead atoms. The Kier molecular flexibility index (Phi) is 6.85. The first-order chi connectivity index (χ1) is 5.22. The van der Waals surface area contributed by atoms with Crippen molar-refractivity contribution in [2.75, 3.05) is 6.54 Å². The predicted molar refractivity (Wildman–Crippen MR) is 48.5 cm³/mol. The Morgan fingerprint density at radius 1 is 1.36 bits per heavy atom. The molecule has 0 heterocycles. The monoisotopic (exact) mass is 177 g/mol. The van der Waals surface area contributed by atoms with Crippen LogP contribution in [0.15, 0.2) is 0 Å². The molecule has 68 valence electrons. The predicted octanol–water partition coefficient (Wildman–Crippen LogP) is 0.101. The van der Waals surface area contributed by atoms with E-state index in [4.69, 9.17) is 15.3 Å². The lowest BCUT2D eigenvalue weighted by Gasteiger charge is -2.13. The zero-order valence-corrected chi connectivity index (χ0v) is 8.32. The van der Waals surface area contributed by atoms with Crippen LogP contribution in [0.1, 0.15) is 32.6 Å². The van der Waals surface area contributed by atoms with E-state index in [-0.39, 0.29) is 5.54 Å². The maximum absolute atomic E-state index is 8.93. The summed E-state index contributed by atoms with van der Waals surface area (Å²) in [7, 11) is -2.45. The Morgan fingerprint density at radius 3 is 2.36 bits per heavy atom. The average molecular weight is 177 g/mol. The normalized spacial score (nSPS) is 13.9. The second-order valence-electron chi connectivity index (χ2n) is 2.91. The Bertz CT molecular complexity index is 90.5. The van der Waals surface area contributed by atoms with E-state index in [2.05, 4.69) is 6.92 Å². The fourth-order valence-electron chi connectivity index (χ4n) is 1.05. The van der Waals surface area contributed by atoms with Gasteiger partial charge in [0.25, 0.3) is 0 Å². The standard InChI is InChI=1S/C7H19NO2Si/c1-2-3-4-5-7(6-8)11(9)10/h7,9-11H,2-6,8H2,1H3. The van der Waals surface area contributed by atoms with Crippen LogP contribution in [0.3, 0.4) is 0 Å². The second-order valence-corrected chi connectivity index (χ2v) is 4.68. The third kappa shape index (κ3) is 5.38. The molecule has 1 unspecified atom stereocenters. The van der Waals surface area contributed by atoms with Crippen LogP contribution >= 0.6 is 0 Å². The molecule has 0 saturated heterocycles. The summed E-state index contributed by atoms with van der Waals surface area (Å²) >= 11 is 0. The van der Waals surface area contributed by atoms with Crippen LogP contribution in [0, 0.1) is 0 Å². The fourth-order valence-corrected chi connectivity index (χ4v) is 1.82. The first kappa shape index (κ1) is 11.1. The molecule has 11 heavy (non-hydrogen) atoms. The minimum Gasteiger partial charge on any atom is -0.413 e. The minimum atomic E-state index is -2.45. The third-order valence-corrected chi connectivity index (χ3v) is 3.35. The van der Waals surface area contributed by atoms with Crippen molar-refractivity contribution < 1.29 is 9.59 Å². The van der Waals surface area contributed by atoms with Gasteiger partial charge in [-0.25, -0.2) is 0 Å². The number of unbranched alkanes of at least 4 members (excludes halogenated alkanes) is 2. The van der Waals surface area contributed by atoms with Crippen molar-refractivity contribution in [1.29, 1.82) is 0 Å². The van der Waals surface area contributed by atoms with Crippen molar-refractivity contribution in [2.24, 2.45) is 5.73 Å². The Labute approximate surface area is 70.1 Å². The van der Waals surface area contributed by atoms with Gasteiger partial charge in [-0.2, -0.15) is 0 Å². The van der Waals surface area contributed by atoms with Crippen LogP contribution in [0.25, 0.3) is 0 Å². The first-order valence-corrected chi connectivity index (χ1v) is 5.98. The zero-order valence-electron chi connectivity index (χ0n) is 7.16. The molecule has 0 aromatic carbocycles. The molecule has 0 fully saturated rings. The highest BCUT2D eigenvalue weighted by Crippen LogP contribution is 2.14. The third-order valence-electron chi connectivity index (χ3n) is 1.90. The second kappa shape index (κ2) is 6.79. The molecule has 4 N–H and O–H groups in total. The molecule has 0 aliphatic heterocycles.